The highest BCUT2D eigenvalue weighted by atomic mass is 32.2. The standard InChI is InChI=1S/C22H27N3O4S/c1-5-12-23-15(14-10-8-7-9-11-14)18(26)24-16-19(27)25-17(21(28)29-13-6-2)22(3,4)30-20(16)25/h5-11,15-17,20,23H,1-2,12-13H2,3-4H3,(H,24,26)/t15?,16-,17+,20-/m1/s1. The van der Waals surface area contributed by atoms with Gasteiger partial charge in [-0.05, 0) is 19.4 Å². The van der Waals surface area contributed by atoms with E-state index in [1.54, 1.807) is 6.08 Å². The number of rotatable bonds is 9. The summed E-state index contributed by atoms with van der Waals surface area (Å²) in [7, 11) is 0. The number of ether oxygens (including phenoxy) is 1. The molecule has 2 N–H and O–H groups in total. The Morgan fingerprint density at radius 2 is 1.97 bits per heavy atom. The molecule has 3 rings (SSSR count). The highest BCUT2D eigenvalue weighted by Crippen LogP contribution is 2.51. The van der Waals surface area contributed by atoms with E-state index in [9.17, 15) is 14.4 Å². The van der Waals surface area contributed by atoms with Gasteiger partial charge in [0.1, 0.15) is 30.1 Å². The van der Waals surface area contributed by atoms with Crippen molar-refractivity contribution in [1.82, 2.24) is 15.5 Å². The first-order valence-electron chi connectivity index (χ1n) is 9.79. The van der Waals surface area contributed by atoms with Gasteiger partial charge in [-0.3, -0.25) is 14.9 Å². The Morgan fingerprint density at radius 3 is 2.60 bits per heavy atom. The Labute approximate surface area is 180 Å². The molecule has 0 aliphatic carbocycles. The fourth-order valence-corrected chi connectivity index (χ4v) is 5.41. The van der Waals surface area contributed by atoms with Crippen molar-refractivity contribution in [3.63, 3.8) is 0 Å². The van der Waals surface area contributed by atoms with Crippen LogP contribution in [-0.2, 0) is 19.1 Å². The van der Waals surface area contributed by atoms with Crippen LogP contribution in [0.5, 0.6) is 0 Å². The molecular weight excluding hydrogens is 402 g/mol. The van der Waals surface area contributed by atoms with Crippen molar-refractivity contribution in [3.8, 4) is 0 Å². The molecule has 0 radical (unpaired) electrons. The first-order valence-corrected chi connectivity index (χ1v) is 10.7. The highest BCUT2D eigenvalue weighted by molar-refractivity contribution is 8.01. The van der Waals surface area contributed by atoms with Crippen LogP contribution in [-0.4, -0.2) is 58.0 Å². The average Bonchev–Trinajstić information content (AvgIpc) is 2.99. The van der Waals surface area contributed by atoms with Crippen LogP contribution in [0.2, 0.25) is 0 Å². The first-order chi connectivity index (χ1) is 14.3. The number of hydrogen-bond acceptors (Lipinski definition) is 6. The molecule has 1 unspecified atom stereocenters. The fraction of sp³-hybridized carbons (Fsp3) is 0.409. The van der Waals surface area contributed by atoms with Gasteiger partial charge in [-0.1, -0.05) is 49.1 Å². The smallest absolute Gasteiger partial charge is 0.330 e. The summed E-state index contributed by atoms with van der Waals surface area (Å²) in [4.78, 5) is 39.9. The Morgan fingerprint density at radius 1 is 1.27 bits per heavy atom. The van der Waals surface area contributed by atoms with Gasteiger partial charge >= 0.3 is 5.97 Å². The number of fused-ring (bicyclic) bond motifs is 1. The summed E-state index contributed by atoms with van der Waals surface area (Å²) in [6, 6.07) is 7.31. The number of hydrogen-bond donors (Lipinski definition) is 2. The summed E-state index contributed by atoms with van der Waals surface area (Å²) in [5.41, 5.74) is 0.797. The molecule has 2 aliphatic rings. The van der Waals surface area contributed by atoms with Crippen LogP contribution >= 0.6 is 11.8 Å². The summed E-state index contributed by atoms with van der Waals surface area (Å²) in [5, 5.41) is 5.69. The Kier molecular flexibility index (Phi) is 6.67. The number of β-lactam (4-membered cyclic amide) rings is 1. The van der Waals surface area contributed by atoms with Gasteiger partial charge in [0, 0.05) is 11.3 Å². The molecule has 160 valence electrons. The van der Waals surface area contributed by atoms with Crippen LogP contribution in [0.4, 0.5) is 0 Å². The lowest BCUT2D eigenvalue weighted by atomic mass is 9.95. The van der Waals surface area contributed by atoms with E-state index in [2.05, 4.69) is 23.8 Å². The van der Waals surface area contributed by atoms with Crippen molar-refractivity contribution in [2.45, 2.75) is 42.1 Å². The molecule has 8 heteroatoms. The molecule has 0 saturated carbocycles. The van der Waals surface area contributed by atoms with E-state index in [1.165, 1.54) is 22.7 Å². The number of benzene rings is 1. The highest BCUT2D eigenvalue weighted by Gasteiger charge is 2.64. The third-order valence-corrected chi connectivity index (χ3v) is 6.74. The minimum absolute atomic E-state index is 0.0939. The summed E-state index contributed by atoms with van der Waals surface area (Å²) < 4.78 is 4.67. The maximum Gasteiger partial charge on any atom is 0.330 e. The van der Waals surface area contributed by atoms with Gasteiger partial charge in [0.05, 0.1) is 0 Å². The van der Waals surface area contributed by atoms with E-state index < -0.39 is 28.8 Å². The van der Waals surface area contributed by atoms with E-state index in [-0.39, 0.29) is 23.8 Å². The molecule has 2 heterocycles. The summed E-state index contributed by atoms with van der Waals surface area (Å²) in [6.07, 6.45) is 3.17. The molecule has 0 aromatic heterocycles. The maximum absolute atomic E-state index is 13.0. The summed E-state index contributed by atoms with van der Waals surface area (Å²) in [5.74, 6) is -1.03. The number of nitrogens with one attached hydrogen (secondary N) is 2. The van der Waals surface area contributed by atoms with Gasteiger partial charge in [-0.25, -0.2) is 4.79 Å². The van der Waals surface area contributed by atoms with E-state index in [1.807, 2.05) is 44.2 Å². The van der Waals surface area contributed by atoms with Crippen LogP contribution in [0.1, 0.15) is 25.5 Å². The molecule has 30 heavy (non-hydrogen) atoms. The average molecular weight is 430 g/mol. The Hall–Kier alpha value is -2.58. The summed E-state index contributed by atoms with van der Waals surface area (Å²) in [6.45, 7) is 11.6. The van der Waals surface area contributed by atoms with Crippen molar-refractivity contribution >= 4 is 29.5 Å². The molecular formula is C22H27N3O4S. The lowest BCUT2D eigenvalue weighted by molar-refractivity contribution is -0.163. The van der Waals surface area contributed by atoms with Gasteiger partial charge in [0.15, 0.2) is 0 Å². The first kappa shape index (κ1) is 22.1. The van der Waals surface area contributed by atoms with E-state index in [4.69, 9.17) is 4.74 Å². The normalized spacial score (nSPS) is 24.9. The van der Waals surface area contributed by atoms with Crippen LogP contribution in [0.15, 0.2) is 55.6 Å². The van der Waals surface area contributed by atoms with Crippen molar-refractivity contribution in [3.05, 3.63) is 61.2 Å². The molecule has 2 saturated heterocycles. The number of nitrogens with zero attached hydrogens (tertiary/aromatic N) is 1. The SMILES string of the molecule is C=CCNC(C(=O)N[C@@H]1C(=O)N2[C@@H]1SC(C)(C)[C@@H]2C(=O)OCC=C)c1ccccc1. The van der Waals surface area contributed by atoms with Crippen LogP contribution < -0.4 is 10.6 Å². The monoisotopic (exact) mass is 429 g/mol. The van der Waals surface area contributed by atoms with Gasteiger partial charge in [-0.2, -0.15) is 0 Å². The minimum Gasteiger partial charge on any atom is -0.460 e. The third kappa shape index (κ3) is 4.15. The van der Waals surface area contributed by atoms with Crippen molar-refractivity contribution in [2.24, 2.45) is 0 Å². The lowest BCUT2D eigenvalue weighted by Gasteiger charge is -2.44. The molecule has 0 spiro atoms. The maximum atomic E-state index is 13.0. The number of esters is 1. The molecule has 7 nitrogen and oxygen atoms in total. The van der Waals surface area contributed by atoms with E-state index >= 15 is 0 Å². The lowest BCUT2D eigenvalue weighted by Crippen LogP contribution is -2.71. The number of thioether (sulfide) groups is 1. The molecule has 1 aromatic carbocycles. The van der Waals surface area contributed by atoms with Gasteiger partial charge in [0.2, 0.25) is 11.8 Å². The second-order valence-corrected chi connectivity index (χ2v) is 9.48. The quantitative estimate of drug-likeness (QED) is 0.354. The van der Waals surface area contributed by atoms with E-state index in [0.717, 1.165) is 5.56 Å². The topological polar surface area (TPSA) is 87.7 Å². The molecule has 4 atom stereocenters. The van der Waals surface area contributed by atoms with Crippen LogP contribution in [0.25, 0.3) is 0 Å². The molecule has 1 aromatic rings. The minimum atomic E-state index is -0.697. The van der Waals surface area contributed by atoms with E-state index in [0.29, 0.717) is 6.54 Å². The van der Waals surface area contributed by atoms with Crippen molar-refractivity contribution in [1.29, 1.82) is 0 Å². The zero-order chi connectivity index (χ0) is 21.9. The molecule has 0 bridgehead atoms. The zero-order valence-electron chi connectivity index (χ0n) is 17.2. The van der Waals surface area contributed by atoms with Crippen molar-refractivity contribution < 1.29 is 19.1 Å². The molecule has 2 aliphatic heterocycles. The molecule has 2 fully saturated rings. The van der Waals surface area contributed by atoms with Gasteiger partial charge < -0.3 is 15.0 Å². The predicted molar refractivity (Wildman–Crippen MR) is 117 cm³/mol. The van der Waals surface area contributed by atoms with Gasteiger partial charge in [-0.15, -0.1) is 18.3 Å². The third-order valence-electron chi connectivity index (χ3n) is 5.17. The second kappa shape index (κ2) is 9.06. The van der Waals surface area contributed by atoms with Crippen LogP contribution in [0, 0.1) is 0 Å². The second-order valence-electron chi connectivity index (χ2n) is 7.71. The largest absolute Gasteiger partial charge is 0.460 e. The number of amides is 2. The number of carbonyl (C=O) groups is 3. The zero-order valence-corrected chi connectivity index (χ0v) is 18.0. The summed E-state index contributed by atoms with van der Waals surface area (Å²) >= 11 is 1.49. The molecule has 2 amide bonds. The van der Waals surface area contributed by atoms with Crippen LogP contribution in [0.3, 0.4) is 0 Å². The number of carbonyl (C=O) groups excluding carboxylic acids is 3. The predicted octanol–water partition coefficient (Wildman–Crippen LogP) is 1.78. The Balaban J connectivity index is 1.73. The van der Waals surface area contributed by atoms with Crippen molar-refractivity contribution in [2.75, 3.05) is 13.2 Å². The van der Waals surface area contributed by atoms with Gasteiger partial charge in [0.25, 0.3) is 0 Å². The fourth-order valence-electron chi connectivity index (χ4n) is 3.79. The Bertz CT molecular complexity index is 842.